The number of hydrogen-bond acceptors (Lipinski definition) is 4. The molecule has 0 aliphatic rings. The summed E-state index contributed by atoms with van der Waals surface area (Å²) in [7, 11) is -4.10. The molecular weight excluding hydrogens is 380 g/mol. The minimum Gasteiger partial charge on any atom is -0.505 e. The number of fused-ring (bicyclic) bond motifs is 1. The average Bonchev–Trinajstić information content (AvgIpc) is 2.91. The first-order valence-electron chi connectivity index (χ1n) is 6.61. The van der Waals surface area contributed by atoms with Gasteiger partial charge in [0.15, 0.2) is 5.75 Å². The zero-order chi connectivity index (χ0) is 17.5. The minimum absolute atomic E-state index is 0.0639. The number of rotatable bonds is 4. The summed E-state index contributed by atoms with van der Waals surface area (Å²) >= 11 is 11.5. The molecule has 0 bridgehead atoms. The largest absolute Gasteiger partial charge is 0.505 e. The van der Waals surface area contributed by atoms with Crippen molar-refractivity contribution in [2.45, 2.75) is 11.4 Å². The Bertz CT molecular complexity index is 1030. The van der Waals surface area contributed by atoms with Crippen molar-refractivity contribution in [3.8, 4) is 5.75 Å². The SMILES string of the molecule is O=S(=O)(NCc1coc2ccc(F)cc12)c1cc(Cl)cc(Cl)c1O. The van der Waals surface area contributed by atoms with Gasteiger partial charge in [-0.05, 0) is 30.3 Å². The highest BCUT2D eigenvalue weighted by Gasteiger charge is 2.22. The molecule has 0 saturated heterocycles. The van der Waals surface area contributed by atoms with E-state index in [1.165, 1.54) is 30.5 Å². The molecule has 9 heteroatoms. The topological polar surface area (TPSA) is 79.5 Å². The smallest absolute Gasteiger partial charge is 0.244 e. The summed E-state index contributed by atoms with van der Waals surface area (Å²) in [5, 5.41) is 10.2. The van der Waals surface area contributed by atoms with Crippen molar-refractivity contribution >= 4 is 44.2 Å². The van der Waals surface area contributed by atoms with Gasteiger partial charge in [-0.15, -0.1) is 0 Å². The van der Waals surface area contributed by atoms with Crippen LogP contribution in [0.3, 0.4) is 0 Å². The first kappa shape index (κ1) is 17.0. The van der Waals surface area contributed by atoms with Crippen molar-refractivity contribution in [2.24, 2.45) is 0 Å². The summed E-state index contributed by atoms with van der Waals surface area (Å²) in [6.07, 6.45) is 1.33. The first-order valence-corrected chi connectivity index (χ1v) is 8.85. The first-order chi connectivity index (χ1) is 11.3. The van der Waals surface area contributed by atoms with Crippen molar-refractivity contribution in [2.75, 3.05) is 0 Å². The predicted molar refractivity (Wildman–Crippen MR) is 88.3 cm³/mol. The van der Waals surface area contributed by atoms with Gasteiger partial charge >= 0.3 is 0 Å². The van der Waals surface area contributed by atoms with E-state index in [4.69, 9.17) is 27.6 Å². The second-order valence-electron chi connectivity index (χ2n) is 4.96. The molecule has 3 aromatic rings. The van der Waals surface area contributed by atoms with E-state index in [1.54, 1.807) is 0 Å². The molecule has 5 nitrogen and oxygen atoms in total. The van der Waals surface area contributed by atoms with Gasteiger partial charge in [-0.25, -0.2) is 17.5 Å². The van der Waals surface area contributed by atoms with Gasteiger partial charge in [0.2, 0.25) is 10.0 Å². The van der Waals surface area contributed by atoms with Gasteiger partial charge in [0.25, 0.3) is 0 Å². The van der Waals surface area contributed by atoms with Gasteiger partial charge in [-0.3, -0.25) is 0 Å². The molecule has 0 atom stereocenters. The number of hydrogen-bond donors (Lipinski definition) is 2. The number of phenolic OH excluding ortho intramolecular Hbond substituents is 1. The number of sulfonamides is 1. The lowest BCUT2D eigenvalue weighted by Gasteiger charge is -2.09. The standard InChI is InChI=1S/C15H10Cl2FNO4S/c16-9-3-12(17)15(20)14(4-9)24(21,22)19-6-8-7-23-13-2-1-10(18)5-11(8)13/h1-5,7,19-20H,6H2. The number of aromatic hydroxyl groups is 1. The zero-order valence-electron chi connectivity index (χ0n) is 11.9. The fourth-order valence-electron chi connectivity index (χ4n) is 2.19. The number of furan rings is 1. The quantitative estimate of drug-likeness (QED) is 0.704. The normalized spacial score (nSPS) is 12.0. The van der Waals surface area contributed by atoms with Gasteiger partial charge in [-0.1, -0.05) is 23.2 Å². The Morgan fingerprint density at radius 3 is 2.71 bits per heavy atom. The van der Waals surface area contributed by atoms with Gasteiger partial charge < -0.3 is 9.52 Å². The number of nitrogens with one attached hydrogen (secondary N) is 1. The molecule has 0 aliphatic carbocycles. The third kappa shape index (κ3) is 3.21. The second kappa shape index (κ2) is 6.25. The van der Waals surface area contributed by atoms with Crippen LogP contribution in [0.15, 0.2) is 45.9 Å². The third-order valence-electron chi connectivity index (χ3n) is 3.35. The second-order valence-corrected chi connectivity index (χ2v) is 7.54. The van der Waals surface area contributed by atoms with E-state index in [-0.39, 0.29) is 16.6 Å². The fourth-order valence-corrected chi connectivity index (χ4v) is 3.95. The van der Waals surface area contributed by atoms with E-state index in [0.717, 1.165) is 6.07 Å². The molecule has 0 aliphatic heterocycles. The molecular formula is C15H10Cl2FNO4S. The summed E-state index contributed by atoms with van der Waals surface area (Å²) in [5.41, 5.74) is 0.875. The number of phenols is 1. The van der Waals surface area contributed by atoms with Crippen LogP contribution in [0.25, 0.3) is 11.0 Å². The van der Waals surface area contributed by atoms with Crippen LogP contribution in [0.4, 0.5) is 4.39 Å². The van der Waals surface area contributed by atoms with Crippen LogP contribution in [0.5, 0.6) is 5.75 Å². The summed E-state index contributed by atoms with van der Waals surface area (Å²) in [4.78, 5) is -0.445. The van der Waals surface area contributed by atoms with Gasteiger partial charge in [0, 0.05) is 22.5 Å². The summed E-state index contributed by atoms with van der Waals surface area (Å²) in [6.45, 7) is -0.164. The lowest BCUT2D eigenvalue weighted by molar-refractivity contribution is 0.458. The summed E-state index contributed by atoms with van der Waals surface area (Å²) < 4.78 is 45.6. The van der Waals surface area contributed by atoms with E-state index >= 15 is 0 Å². The van der Waals surface area contributed by atoms with E-state index in [1.807, 2.05) is 0 Å². The average molecular weight is 390 g/mol. The highest BCUT2D eigenvalue weighted by atomic mass is 35.5. The van der Waals surface area contributed by atoms with Crippen molar-refractivity contribution in [1.82, 2.24) is 4.72 Å². The monoisotopic (exact) mass is 389 g/mol. The lowest BCUT2D eigenvalue weighted by atomic mass is 10.2. The highest BCUT2D eigenvalue weighted by Crippen LogP contribution is 2.34. The maximum absolute atomic E-state index is 13.3. The number of halogens is 3. The molecule has 2 N–H and O–H groups in total. The van der Waals surface area contributed by atoms with Crippen LogP contribution in [0.1, 0.15) is 5.56 Å². The van der Waals surface area contributed by atoms with E-state index in [9.17, 15) is 17.9 Å². The summed E-state index contributed by atoms with van der Waals surface area (Å²) in [5.74, 6) is -1.07. The molecule has 2 aromatic carbocycles. The van der Waals surface area contributed by atoms with Crippen LogP contribution >= 0.6 is 23.2 Å². The number of benzene rings is 2. The molecule has 0 saturated carbocycles. The molecule has 24 heavy (non-hydrogen) atoms. The lowest BCUT2D eigenvalue weighted by Crippen LogP contribution is -2.23. The molecule has 0 unspecified atom stereocenters. The van der Waals surface area contributed by atoms with E-state index < -0.39 is 26.5 Å². The van der Waals surface area contributed by atoms with Crippen molar-refractivity contribution < 1.29 is 22.3 Å². The predicted octanol–water partition coefficient (Wildman–Crippen LogP) is 4.06. The molecule has 1 heterocycles. The molecule has 0 radical (unpaired) electrons. The third-order valence-corrected chi connectivity index (χ3v) is 5.27. The van der Waals surface area contributed by atoms with Crippen LogP contribution < -0.4 is 4.72 Å². The van der Waals surface area contributed by atoms with Crippen LogP contribution in [0.2, 0.25) is 10.0 Å². The minimum atomic E-state index is -4.10. The Labute approximate surface area is 146 Å². The Kier molecular flexibility index (Phi) is 4.44. The van der Waals surface area contributed by atoms with Gasteiger partial charge in [-0.2, -0.15) is 0 Å². The van der Waals surface area contributed by atoms with Crippen LogP contribution in [-0.4, -0.2) is 13.5 Å². The summed E-state index contributed by atoms with van der Waals surface area (Å²) in [6, 6.07) is 6.25. The van der Waals surface area contributed by atoms with Crippen molar-refractivity contribution in [3.05, 3.63) is 58.0 Å². The molecule has 0 fully saturated rings. The molecule has 3 rings (SSSR count). The Morgan fingerprint density at radius 1 is 1.21 bits per heavy atom. The maximum atomic E-state index is 13.3. The van der Waals surface area contributed by atoms with Crippen LogP contribution in [-0.2, 0) is 16.6 Å². The Hall–Kier alpha value is -1.80. The van der Waals surface area contributed by atoms with Gasteiger partial charge in [0.1, 0.15) is 16.3 Å². The molecule has 0 spiro atoms. The van der Waals surface area contributed by atoms with Gasteiger partial charge in [0.05, 0.1) is 11.3 Å². The van der Waals surface area contributed by atoms with Crippen molar-refractivity contribution in [3.63, 3.8) is 0 Å². The molecule has 0 amide bonds. The zero-order valence-corrected chi connectivity index (χ0v) is 14.2. The Morgan fingerprint density at radius 2 is 1.96 bits per heavy atom. The maximum Gasteiger partial charge on any atom is 0.244 e. The molecule has 1 aromatic heterocycles. The molecule has 126 valence electrons. The van der Waals surface area contributed by atoms with Crippen molar-refractivity contribution in [1.29, 1.82) is 0 Å². The van der Waals surface area contributed by atoms with Crippen LogP contribution in [0, 0.1) is 5.82 Å². The highest BCUT2D eigenvalue weighted by molar-refractivity contribution is 7.89. The van der Waals surface area contributed by atoms with E-state index in [2.05, 4.69) is 4.72 Å². The fraction of sp³-hybridized carbons (Fsp3) is 0.0667. The van der Waals surface area contributed by atoms with E-state index in [0.29, 0.717) is 16.5 Å². The Balaban J connectivity index is 1.91.